The molecule has 0 amide bonds. The molecule has 2 N–H and O–H groups in total. The van der Waals surface area contributed by atoms with Gasteiger partial charge in [-0.3, -0.25) is 9.59 Å². The molecule has 0 bridgehead atoms. The average molecular weight is 447 g/mol. The number of aryl methyl sites for hydroxylation is 4. The van der Waals surface area contributed by atoms with E-state index in [-0.39, 0.29) is 11.6 Å². The number of hydrogen-bond donors (Lipinski definition) is 2. The van der Waals surface area contributed by atoms with Crippen molar-refractivity contribution >= 4 is 34.3 Å². The van der Waals surface area contributed by atoms with E-state index in [1.807, 2.05) is 64.1 Å². The van der Waals surface area contributed by atoms with Gasteiger partial charge in [-0.2, -0.15) is 0 Å². The maximum Gasteiger partial charge on any atom is 0.196 e. The first-order valence-electron chi connectivity index (χ1n) is 11.4. The molecule has 168 valence electrons. The van der Waals surface area contributed by atoms with Crippen LogP contribution < -0.4 is 10.6 Å². The highest BCUT2D eigenvalue weighted by atomic mass is 16.1. The third-order valence-electron chi connectivity index (χ3n) is 6.38. The number of carbonyl (C=O) groups excluding carboxylic acids is 2. The standard InChI is InChI=1S/C30H26N2O2/c1-17-9-11-23(19(3)15-17)31-25-13-14-26(32-24-12-10-18(2)16-20(24)4)28-27(25)29(33)21-7-5-6-8-22(21)30(28)34/h5-16,31-32H,1-4H3. The molecule has 0 saturated heterocycles. The Morgan fingerprint density at radius 1 is 0.500 bits per heavy atom. The van der Waals surface area contributed by atoms with Gasteiger partial charge in [0, 0.05) is 22.5 Å². The first kappa shape index (κ1) is 21.7. The highest BCUT2D eigenvalue weighted by molar-refractivity contribution is 6.32. The predicted molar refractivity (Wildman–Crippen MR) is 138 cm³/mol. The third-order valence-corrected chi connectivity index (χ3v) is 6.38. The molecule has 0 spiro atoms. The molecule has 4 heteroatoms. The van der Waals surface area contributed by atoms with Crippen molar-refractivity contribution in [2.24, 2.45) is 0 Å². The first-order chi connectivity index (χ1) is 16.3. The van der Waals surface area contributed by atoms with Crippen LogP contribution in [0.25, 0.3) is 0 Å². The highest BCUT2D eigenvalue weighted by Crippen LogP contribution is 2.39. The summed E-state index contributed by atoms with van der Waals surface area (Å²) in [5.74, 6) is -0.302. The zero-order chi connectivity index (χ0) is 24.0. The molecular weight excluding hydrogens is 420 g/mol. The van der Waals surface area contributed by atoms with Crippen LogP contribution in [0.1, 0.15) is 54.1 Å². The van der Waals surface area contributed by atoms with E-state index in [2.05, 4.69) is 22.8 Å². The number of anilines is 4. The van der Waals surface area contributed by atoms with Crippen molar-refractivity contribution in [3.63, 3.8) is 0 Å². The number of fused-ring (bicyclic) bond motifs is 2. The summed E-state index contributed by atoms with van der Waals surface area (Å²) in [4.78, 5) is 27.4. The fourth-order valence-corrected chi connectivity index (χ4v) is 4.63. The molecule has 0 aliphatic heterocycles. The van der Waals surface area contributed by atoms with Gasteiger partial charge < -0.3 is 10.6 Å². The smallest absolute Gasteiger partial charge is 0.196 e. The first-order valence-corrected chi connectivity index (χ1v) is 11.4. The van der Waals surface area contributed by atoms with Gasteiger partial charge in [-0.25, -0.2) is 0 Å². The second kappa shape index (κ2) is 8.31. The Morgan fingerprint density at radius 3 is 1.26 bits per heavy atom. The van der Waals surface area contributed by atoms with Crippen molar-refractivity contribution in [1.82, 2.24) is 0 Å². The van der Waals surface area contributed by atoms with E-state index < -0.39 is 0 Å². The molecule has 4 aromatic carbocycles. The summed E-state index contributed by atoms with van der Waals surface area (Å²) in [6.07, 6.45) is 0. The molecule has 0 saturated carbocycles. The lowest BCUT2D eigenvalue weighted by Crippen LogP contribution is -2.23. The van der Waals surface area contributed by atoms with Gasteiger partial charge in [0.05, 0.1) is 22.5 Å². The molecular formula is C30H26N2O2. The third kappa shape index (κ3) is 3.67. The minimum atomic E-state index is -0.151. The van der Waals surface area contributed by atoms with Crippen LogP contribution in [0.15, 0.2) is 72.8 Å². The maximum atomic E-state index is 13.7. The van der Waals surface area contributed by atoms with Crippen LogP contribution in [0.5, 0.6) is 0 Å². The van der Waals surface area contributed by atoms with Gasteiger partial charge >= 0.3 is 0 Å². The Morgan fingerprint density at radius 2 is 0.882 bits per heavy atom. The van der Waals surface area contributed by atoms with E-state index in [1.165, 1.54) is 11.1 Å². The Bertz CT molecular complexity index is 1370. The number of nitrogens with one attached hydrogen (secondary N) is 2. The van der Waals surface area contributed by atoms with Crippen LogP contribution in [-0.4, -0.2) is 11.6 Å². The van der Waals surface area contributed by atoms with Crippen LogP contribution in [0.2, 0.25) is 0 Å². The van der Waals surface area contributed by atoms with E-state index in [9.17, 15) is 9.59 Å². The molecule has 4 aromatic rings. The van der Waals surface area contributed by atoms with Crippen molar-refractivity contribution in [1.29, 1.82) is 0 Å². The Labute approximate surface area is 199 Å². The minimum Gasteiger partial charge on any atom is -0.355 e. The lowest BCUT2D eigenvalue weighted by Gasteiger charge is -2.24. The van der Waals surface area contributed by atoms with Crippen LogP contribution >= 0.6 is 0 Å². The molecule has 34 heavy (non-hydrogen) atoms. The SMILES string of the molecule is Cc1ccc(Nc2ccc(Nc3ccc(C)cc3C)c3c2C(=O)c2ccccc2C3=O)c(C)c1. The molecule has 0 heterocycles. The van der Waals surface area contributed by atoms with Crippen LogP contribution in [-0.2, 0) is 0 Å². The minimum absolute atomic E-state index is 0.151. The number of benzene rings is 4. The molecule has 0 atom stereocenters. The summed E-state index contributed by atoms with van der Waals surface area (Å²) in [6, 6.07) is 23.0. The van der Waals surface area contributed by atoms with Gasteiger partial charge in [-0.1, -0.05) is 59.7 Å². The van der Waals surface area contributed by atoms with E-state index in [1.54, 1.807) is 24.3 Å². The normalized spacial score (nSPS) is 12.2. The average Bonchev–Trinajstić information content (AvgIpc) is 2.81. The van der Waals surface area contributed by atoms with Gasteiger partial charge in [0.2, 0.25) is 0 Å². The predicted octanol–water partition coefficient (Wildman–Crippen LogP) is 7.18. The molecule has 0 fully saturated rings. The number of hydrogen-bond acceptors (Lipinski definition) is 4. The molecule has 0 aromatic heterocycles. The van der Waals surface area contributed by atoms with Crippen molar-refractivity contribution in [2.75, 3.05) is 10.6 Å². The van der Waals surface area contributed by atoms with Crippen molar-refractivity contribution in [3.8, 4) is 0 Å². The van der Waals surface area contributed by atoms with Gasteiger partial charge in [0.25, 0.3) is 0 Å². The second-order valence-corrected chi connectivity index (χ2v) is 9.00. The zero-order valence-corrected chi connectivity index (χ0v) is 19.7. The van der Waals surface area contributed by atoms with Gasteiger partial charge in [-0.05, 0) is 63.1 Å². The van der Waals surface area contributed by atoms with Crippen molar-refractivity contribution < 1.29 is 9.59 Å². The monoisotopic (exact) mass is 446 g/mol. The van der Waals surface area contributed by atoms with E-state index in [0.717, 1.165) is 22.5 Å². The van der Waals surface area contributed by atoms with E-state index in [4.69, 9.17) is 0 Å². The molecule has 0 radical (unpaired) electrons. The molecule has 0 unspecified atom stereocenters. The summed E-state index contributed by atoms with van der Waals surface area (Å²) < 4.78 is 0. The van der Waals surface area contributed by atoms with Gasteiger partial charge in [-0.15, -0.1) is 0 Å². The van der Waals surface area contributed by atoms with Gasteiger partial charge in [0.1, 0.15) is 0 Å². The second-order valence-electron chi connectivity index (χ2n) is 9.00. The fourth-order valence-electron chi connectivity index (χ4n) is 4.63. The lowest BCUT2D eigenvalue weighted by atomic mass is 9.82. The summed E-state index contributed by atoms with van der Waals surface area (Å²) >= 11 is 0. The van der Waals surface area contributed by atoms with Crippen molar-refractivity contribution in [3.05, 3.63) is 117 Å². The van der Waals surface area contributed by atoms with Crippen LogP contribution in [0, 0.1) is 27.7 Å². The summed E-state index contributed by atoms with van der Waals surface area (Å²) in [5.41, 5.74) is 9.21. The summed E-state index contributed by atoms with van der Waals surface area (Å²) in [5, 5.41) is 6.84. The molecule has 1 aliphatic rings. The summed E-state index contributed by atoms with van der Waals surface area (Å²) in [6.45, 7) is 8.15. The Kier molecular flexibility index (Phi) is 5.29. The Balaban J connectivity index is 1.68. The quantitative estimate of drug-likeness (QED) is 0.307. The fraction of sp³-hybridized carbons (Fsp3) is 0.133. The highest BCUT2D eigenvalue weighted by Gasteiger charge is 2.34. The van der Waals surface area contributed by atoms with Crippen LogP contribution in [0.3, 0.4) is 0 Å². The zero-order valence-electron chi connectivity index (χ0n) is 19.7. The van der Waals surface area contributed by atoms with Gasteiger partial charge in [0.15, 0.2) is 11.6 Å². The summed E-state index contributed by atoms with van der Waals surface area (Å²) in [7, 11) is 0. The molecule has 4 nitrogen and oxygen atoms in total. The largest absolute Gasteiger partial charge is 0.355 e. The van der Waals surface area contributed by atoms with E-state index in [0.29, 0.717) is 33.6 Å². The Hall–Kier alpha value is -4.18. The topological polar surface area (TPSA) is 58.2 Å². The maximum absolute atomic E-state index is 13.7. The number of rotatable bonds is 4. The van der Waals surface area contributed by atoms with E-state index >= 15 is 0 Å². The lowest BCUT2D eigenvalue weighted by molar-refractivity contribution is 0.0980. The molecule has 5 rings (SSSR count). The number of ketones is 2. The number of carbonyl (C=O) groups is 2. The molecule has 1 aliphatic carbocycles. The van der Waals surface area contributed by atoms with Crippen molar-refractivity contribution in [2.45, 2.75) is 27.7 Å². The van der Waals surface area contributed by atoms with Crippen LogP contribution in [0.4, 0.5) is 22.7 Å².